The van der Waals surface area contributed by atoms with E-state index in [1.807, 2.05) is 0 Å². The van der Waals surface area contributed by atoms with Gasteiger partial charge in [-0.3, -0.25) is 14.9 Å². The maximum absolute atomic E-state index is 12.2. The maximum atomic E-state index is 12.2. The van der Waals surface area contributed by atoms with Gasteiger partial charge in [0.25, 0.3) is 11.6 Å². The lowest BCUT2D eigenvalue weighted by molar-refractivity contribution is -0.384. The van der Waals surface area contributed by atoms with Crippen LogP contribution >= 0.6 is 0 Å². The largest absolute Gasteiger partial charge is 0.486 e. The van der Waals surface area contributed by atoms with Crippen LogP contribution in [0.4, 0.5) is 5.69 Å². The van der Waals surface area contributed by atoms with Crippen LogP contribution in [0.5, 0.6) is 11.5 Å². The predicted molar refractivity (Wildman–Crippen MR) is 86.6 cm³/mol. The Morgan fingerprint density at radius 1 is 1.08 bits per heavy atom. The second-order valence-electron chi connectivity index (χ2n) is 5.29. The zero-order valence-corrected chi connectivity index (χ0v) is 12.9. The third-order valence-electron chi connectivity index (χ3n) is 3.65. The normalized spacial score (nSPS) is 12.5. The van der Waals surface area contributed by atoms with Gasteiger partial charge in [-0.15, -0.1) is 0 Å². The number of nitro groups is 1. The molecule has 7 heteroatoms. The van der Waals surface area contributed by atoms with E-state index in [9.17, 15) is 14.9 Å². The SMILES string of the molecule is O=C(NCCc1ccc([N+](=O)[O-])cc1)c1ccc2c(c1)OCCO2. The van der Waals surface area contributed by atoms with Crippen LogP contribution in [0.1, 0.15) is 15.9 Å². The van der Waals surface area contributed by atoms with E-state index < -0.39 is 4.92 Å². The van der Waals surface area contributed by atoms with Gasteiger partial charge < -0.3 is 14.8 Å². The quantitative estimate of drug-likeness (QED) is 0.672. The monoisotopic (exact) mass is 328 g/mol. The van der Waals surface area contributed by atoms with Gasteiger partial charge in [0.05, 0.1) is 4.92 Å². The molecule has 0 unspecified atom stereocenters. The zero-order chi connectivity index (χ0) is 16.9. The summed E-state index contributed by atoms with van der Waals surface area (Å²) in [6.07, 6.45) is 0.592. The maximum Gasteiger partial charge on any atom is 0.269 e. The molecule has 3 rings (SSSR count). The Balaban J connectivity index is 1.54. The molecule has 0 saturated carbocycles. The fourth-order valence-corrected chi connectivity index (χ4v) is 2.39. The molecule has 2 aromatic rings. The van der Waals surface area contributed by atoms with Crippen molar-refractivity contribution in [1.29, 1.82) is 0 Å². The van der Waals surface area contributed by atoms with E-state index >= 15 is 0 Å². The Labute approximate surface area is 138 Å². The van der Waals surface area contributed by atoms with Crippen LogP contribution in [0.25, 0.3) is 0 Å². The van der Waals surface area contributed by atoms with E-state index in [1.54, 1.807) is 30.3 Å². The molecule has 1 aliphatic rings. The lowest BCUT2D eigenvalue weighted by atomic mass is 10.1. The number of non-ortho nitro benzene ring substituents is 1. The first kappa shape index (κ1) is 15.8. The minimum atomic E-state index is -0.437. The minimum Gasteiger partial charge on any atom is -0.486 e. The molecule has 0 aliphatic carbocycles. The van der Waals surface area contributed by atoms with E-state index in [2.05, 4.69) is 5.32 Å². The van der Waals surface area contributed by atoms with Crippen molar-refractivity contribution < 1.29 is 19.2 Å². The number of carbonyl (C=O) groups is 1. The van der Waals surface area contributed by atoms with Gasteiger partial charge in [-0.05, 0) is 30.2 Å². The van der Waals surface area contributed by atoms with E-state index in [-0.39, 0.29) is 11.6 Å². The predicted octanol–water partition coefficient (Wildman–Crippen LogP) is 2.34. The minimum absolute atomic E-state index is 0.0547. The summed E-state index contributed by atoms with van der Waals surface area (Å²) < 4.78 is 10.9. The summed E-state index contributed by atoms with van der Waals surface area (Å²) in [5.74, 6) is 1.02. The lowest BCUT2D eigenvalue weighted by Gasteiger charge is -2.18. The summed E-state index contributed by atoms with van der Waals surface area (Å²) in [7, 11) is 0. The zero-order valence-electron chi connectivity index (χ0n) is 12.9. The summed E-state index contributed by atoms with van der Waals surface area (Å²) in [6, 6.07) is 11.4. The van der Waals surface area contributed by atoms with Crippen LogP contribution in [-0.4, -0.2) is 30.6 Å². The Morgan fingerprint density at radius 2 is 1.79 bits per heavy atom. The number of fused-ring (bicyclic) bond motifs is 1. The van der Waals surface area contributed by atoms with Crippen LogP contribution in [0.2, 0.25) is 0 Å². The van der Waals surface area contributed by atoms with Gasteiger partial charge in [-0.2, -0.15) is 0 Å². The van der Waals surface area contributed by atoms with Gasteiger partial charge in [-0.1, -0.05) is 12.1 Å². The van der Waals surface area contributed by atoms with Gasteiger partial charge in [-0.25, -0.2) is 0 Å². The van der Waals surface area contributed by atoms with Crippen molar-refractivity contribution >= 4 is 11.6 Å². The number of nitrogens with one attached hydrogen (secondary N) is 1. The average Bonchev–Trinajstić information content (AvgIpc) is 2.61. The molecule has 124 valence electrons. The van der Waals surface area contributed by atoms with Crippen molar-refractivity contribution in [2.24, 2.45) is 0 Å². The molecule has 0 fully saturated rings. The molecule has 7 nitrogen and oxygen atoms in total. The number of rotatable bonds is 5. The Bertz CT molecular complexity index is 758. The lowest BCUT2D eigenvalue weighted by Crippen LogP contribution is -2.26. The molecule has 0 saturated heterocycles. The number of hydrogen-bond donors (Lipinski definition) is 1. The molecule has 1 amide bonds. The molecule has 1 aliphatic heterocycles. The third-order valence-corrected chi connectivity index (χ3v) is 3.65. The molecule has 2 aromatic carbocycles. The van der Waals surface area contributed by atoms with Crippen molar-refractivity contribution in [2.75, 3.05) is 19.8 Å². The van der Waals surface area contributed by atoms with Gasteiger partial charge in [0.1, 0.15) is 13.2 Å². The summed E-state index contributed by atoms with van der Waals surface area (Å²) in [5, 5.41) is 13.4. The standard InChI is InChI=1S/C17H16N2O5/c20-17(13-3-6-15-16(11-13)24-10-9-23-15)18-8-7-12-1-4-14(5-2-12)19(21)22/h1-6,11H,7-10H2,(H,18,20). The van der Waals surface area contributed by atoms with E-state index in [0.29, 0.717) is 43.2 Å². The van der Waals surface area contributed by atoms with Gasteiger partial charge in [0.15, 0.2) is 11.5 Å². The third kappa shape index (κ3) is 3.62. The number of amides is 1. The van der Waals surface area contributed by atoms with Gasteiger partial charge >= 0.3 is 0 Å². The van der Waals surface area contributed by atoms with Gasteiger partial charge in [0.2, 0.25) is 0 Å². The highest BCUT2D eigenvalue weighted by Gasteiger charge is 2.14. The van der Waals surface area contributed by atoms with Crippen LogP contribution in [0.3, 0.4) is 0 Å². The molecule has 1 N–H and O–H groups in total. The molecule has 0 radical (unpaired) electrons. The number of carbonyl (C=O) groups excluding carboxylic acids is 1. The number of nitrogens with zero attached hydrogens (tertiary/aromatic N) is 1. The molecular weight excluding hydrogens is 312 g/mol. The smallest absolute Gasteiger partial charge is 0.269 e. The molecule has 0 spiro atoms. The average molecular weight is 328 g/mol. The van der Waals surface area contributed by atoms with Crippen LogP contribution in [0.15, 0.2) is 42.5 Å². The first-order valence-electron chi connectivity index (χ1n) is 7.54. The molecular formula is C17H16N2O5. The fourth-order valence-electron chi connectivity index (χ4n) is 2.39. The summed E-state index contributed by atoms with van der Waals surface area (Å²) in [6.45, 7) is 1.41. The fraction of sp³-hybridized carbons (Fsp3) is 0.235. The highest BCUT2D eigenvalue weighted by molar-refractivity contribution is 5.94. The number of ether oxygens (including phenoxy) is 2. The second kappa shape index (κ2) is 6.99. The number of hydrogen-bond acceptors (Lipinski definition) is 5. The summed E-state index contributed by atoms with van der Waals surface area (Å²) >= 11 is 0. The molecule has 1 heterocycles. The number of benzene rings is 2. The Kier molecular flexibility index (Phi) is 4.60. The van der Waals surface area contributed by atoms with Crippen molar-refractivity contribution in [3.05, 3.63) is 63.7 Å². The first-order valence-corrected chi connectivity index (χ1v) is 7.54. The summed E-state index contributed by atoms with van der Waals surface area (Å²) in [4.78, 5) is 22.3. The van der Waals surface area contributed by atoms with Crippen molar-refractivity contribution in [3.8, 4) is 11.5 Å². The molecule has 0 atom stereocenters. The van der Waals surface area contributed by atoms with Crippen molar-refractivity contribution in [3.63, 3.8) is 0 Å². The highest BCUT2D eigenvalue weighted by atomic mass is 16.6. The van der Waals surface area contributed by atoms with Gasteiger partial charge in [0, 0.05) is 24.2 Å². The van der Waals surface area contributed by atoms with E-state index in [0.717, 1.165) is 5.56 Å². The summed E-state index contributed by atoms with van der Waals surface area (Å²) in [5.41, 5.74) is 1.48. The molecule has 0 bridgehead atoms. The van der Waals surface area contributed by atoms with E-state index in [4.69, 9.17) is 9.47 Å². The Morgan fingerprint density at radius 3 is 2.50 bits per heavy atom. The van der Waals surface area contributed by atoms with Crippen LogP contribution in [-0.2, 0) is 6.42 Å². The molecule has 24 heavy (non-hydrogen) atoms. The van der Waals surface area contributed by atoms with Crippen LogP contribution in [0, 0.1) is 10.1 Å². The topological polar surface area (TPSA) is 90.7 Å². The first-order chi connectivity index (χ1) is 11.6. The van der Waals surface area contributed by atoms with E-state index in [1.165, 1.54) is 12.1 Å². The van der Waals surface area contributed by atoms with Crippen LogP contribution < -0.4 is 14.8 Å². The highest BCUT2D eigenvalue weighted by Crippen LogP contribution is 2.30. The second-order valence-corrected chi connectivity index (χ2v) is 5.29. The van der Waals surface area contributed by atoms with Crippen molar-refractivity contribution in [2.45, 2.75) is 6.42 Å². The van der Waals surface area contributed by atoms with Crippen molar-refractivity contribution in [1.82, 2.24) is 5.32 Å². The number of nitro benzene ring substituents is 1. The molecule has 0 aromatic heterocycles. The Hall–Kier alpha value is -3.09.